The number of likely N-dealkylation sites (tertiary alicyclic amines) is 2. The third-order valence-electron chi connectivity index (χ3n) is 6.44. The Morgan fingerprint density at radius 3 is 2.61 bits per heavy atom. The largest absolute Gasteiger partial charge is 0.490 e. The molecule has 4 rings (SSSR count). The standard InChI is InChI=1S/C26H34N2O4S/c1-3-31-26(30)23-9-4-5-14-28(23)18-20-7-6-8-22(17-20)32-21-12-15-27(16-13-21)25(29)24-11-10-19(2)33-24/h6-8,10-11,17,21,23H,3-5,9,12-16,18H2,1-2H3/t23-/m0/s1. The van der Waals surface area contributed by atoms with Crippen LogP contribution in [0.4, 0.5) is 0 Å². The first-order valence-electron chi connectivity index (χ1n) is 12.1. The summed E-state index contributed by atoms with van der Waals surface area (Å²) in [6.07, 6.45) is 4.80. The molecule has 6 nitrogen and oxygen atoms in total. The van der Waals surface area contributed by atoms with E-state index < -0.39 is 0 Å². The Morgan fingerprint density at radius 2 is 1.88 bits per heavy atom. The predicted octanol–water partition coefficient (Wildman–Crippen LogP) is 4.66. The van der Waals surface area contributed by atoms with E-state index in [1.807, 2.05) is 43.0 Å². The number of thiophene rings is 1. The summed E-state index contributed by atoms with van der Waals surface area (Å²) in [5.41, 5.74) is 1.14. The molecule has 0 aliphatic carbocycles. The van der Waals surface area contributed by atoms with Gasteiger partial charge in [0.1, 0.15) is 17.9 Å². The van der Waals surface area contributed by atoms with E-state index in [-0.39, 0.29) is 24.0 Å². The summed E-state index contributed by atoms with van der Waals surface area (Å²) >= 11 is 1.56. The molecule has 2 aromatic rings. The lowest BCUT2D eigenvalue weighted by atomic mass is 10.0. The zero-order valence-electron chi connectivity index (χ0n) is 19.6. The van der Waals surface area contributed by atoms with Gasteiger partial charge in [0.15, 0.2) is 0 Å². The smallest absolute Gasteiger partial charge is 0.323 e. The highest BCUT2D eigenvalue weighted by molar-refractivity contribution is 7.13. The predicted molar refractivity (Wildman–Crippen MR) is 130 cm³/mol. The van der Waals surface area contributed by atoms with Crippen molar-refractivity contribution >= 4 is 23.2 Å². The zero-order valence-corrected chi connectivity index (χ0v) is 20.4. The number of rotatable bonds is 7. The topological polar surface area (TPSA) is 59.1 Å². The number of ether oxygens (including phenoxy) is 2. The summed E-state index contributed by atoms with van der Waals surface area (Å²) in [7, 11) is 0. The molecule has 0 radical (unpaired) electrons. The molecule has 0 unspecified atom stereocenters. The van der Waals surface area contributed by atoms with Crippen LogP contribution in [0.15, 0.2) is 36.4 Å². The minimum atomic E-state index is -0.155. The van der Waals surface area contributed by atoms with Crippen molar-refractivity contribution in [1.29, 1.82) is 0 Å². The van der Waals surface area contributed by atoms with Crippen molar-refractivity contribution in [2.45, 2.75) is 64.6 Å². The lowest BCUT2D eigenvalue weighted by Crippen LogP contribution is -2.44. The molecule has 1 atom stereocenters. The second-order valence-corrected chi connectivity index (χ2v) is 10.2. The summed E-state index contributed by atoms with van der Waals surface area (Å²) in [6.45, 7) is 7.36. The maximum atomic E-state index is 12.7. The molecular weight excluding hydrogens is 436 g/mol. The number of benzene rings is 1. The van der Waals surface area contributed by atoms with E-state index in [1.54, 1.807) is 11.3 Å². The molecule has 2 aliphatic rings. The third-order valence-corrected chi connectivity index (χ3v) is 7.43. The molecule has 7 heteroatoms. The average molecular weight is 471 g/mol. The zero-order chi connectivity index (χ0) is 23.2. The lowest BCUT2D eigenvalue weighted by Gasteiger charge is -2.34. The van der Waals surface area contributed by atoms with Gasteiger partial charge in [-0.05, 0) is 63.1 Å². The van der Waals surface area contributed by atoms with Gasteiger partial charge in [0, 0.05) is 37.4 Å². The second kappa shape index (κ2) is 11.2. The highest BCUT2D eigenvalue weighted by Gasteiger charge is 2.30. The monoisotopic (exact) mass is 470 g/mol. The number of aryl methyl sites for hydroxylation is 1. The Hall–Kier alpha value is -2.38. The Bertz CT molecular complexity index is 951. The van der Waals surface area contributed by atoms with Gasteiger partial charge in [-0.25, -0.2) is 0 Å². The Morgan fingerprint density at radius 1 is 1.06 bits per heavy atom. The van der Waals surface area contributed by atoms with E-state index in [0.29, 0.717) is 13.2 Å². The molecule has 0 bridgehead atoms. The first-order chi connectivity index (χ1) is 16.0. The molecule has 1 aromatic carbocycles. The van der Waals surface area contributed by atoms with E-state index >= 15 is 0 Å². The van der Waals surface area contributed by atoms with Crippen molar-refractivity contribution < 1.29 is 19.1 Å². The van der Waals surface area contributed by atoms with Crippen LogP contribution in [0.3, 0.4) is 0 Å². The molecule has 0 spiro atoms. The quantitative estimate of drug-likeness (QED) is 0.551. The first-order valence-corrected chi connectivity index (χ1v) is 12.9. The first kappa shape index (κ1) is 23.8. The van der Waals surface area contributed by atoms with E-state index in [1.165, 1.54) is 0 Å². The fourth-order valence-corrected chi connectivity index (χ4v) is 5.55. The number of nitrogens with zero attached hydrogens (tertiary/aromatic N) is 2. The minimum Gasteiger partial charge on any atom is -0.490 e. The van der Waals surface area contributed by atoms with Crippen molar-refractivity contribution in [3.63, 3.8) is 0 Å². The summed E-state index contributed by atoms with van der Waals surface area (Å²) in [5.74, 6) is 0.880. The second-order valence-electron chi connectivity index (χ2n) is 8.90. The van der Waals surface area contributed by atoms with Crippen LogP contribution in [0.2, 0.25) is 0 Å². The van der Waals surface area contributed by atoms with Gasteiger partial charge in [0.25, 0.3) is 5.91 Å². The van der Waals surface area contributed by atoms with Crippen molar-refractivity contribution in [3.05, 3.63) is 51.7 Å². The van der Waals surface area contributed by atoms with Crippen LogP contribution in [0.1, 0.15) is 59.1 Å². The number of hydrogen-bond acceptors (Lipinski definition) is 6. The van der Waals surface area contributed by atoms with Crippen LogP contribution in [-0.2, 0) is 16.1 Å². The fraction of sp³-hybridized carbons (Fsp3) is 0.538. The maximum absolute atomic E-state index is 12.7. The minimum absolute atomic E-state index is 0.108. The van der Waals surface area contributed by atoms with Gasteiger partial charge in [-0.3, -0.25) is 14.5 Å². The summed E-state index contributed by atoms with van der Waals surface area (Å²) < 4.78 is 11.6. The molecule has 178 valence electrons. The number of carbonyl (C=O) groups excluding carboxylic acids is 2. The number of piperidine rings is 2. The number of esters is 1. The Balaban J connectivity index is 1.31. The summed E-state index contributed by atoms with van der Waals surface area (Å²) in [5, 5.41) is 0. The normalized spacial score (nSPS) is 19.9. The molecule has 2 aliphatic heterocycles. The summed E-state index contributed by atoms with van der Waals surface area (Å²) in [6, 6.07) is 12.0. The highest BCUT2D eigenvalue weighted by atomic mass is 32.1. The maximum Gasteiger partial charge on any atom is 0.323 e. The average Bonchev–Trinajstić information content (AvgIpc) is 3.26. The Labute approximate surface area is 200 Å². The Kier molecular flexibility index (Phi) is 8.04. The van der Waals surface area contributed by atoms with Gasteiger partial charge >= 0.3 is 5.97 Å². The molecule has 33 heavy (non-hydrogen) atoms. The summed E-state index contributed by atoms with van der Waals surface area (Å²) in [4.78, 5) is 31.2. The molecule has 1 aromatic heterocycles. The van der Waals surface area contributed by atoms with E-state index in [9.17, 15) is 9.59 Å². The van der Waals surface area contributed by atoms with Crippen LogP contribution in [-0.4, -0.2) is 60.1 Å². The van der Waals surface area contributed by atoms with Gasteiger partial charge in [0.05, 0.1) is 11.5 Å². The van der Waals surface area contributed by atoms with Gasteiger partial charge < -0.3 is 14.4 Å². The molecule has 3 heterocycles. The molecule has 0 saturated carbocycles. The third kappa shape index (κ3) is 6.15. The number of hydrogen-bond donors (Lipinski definition) is 0. The van der Waals surface area contributed by atoms with Gasteiger partial charge in [-0.1, -0.05) is 18.6 Å². The lowest BCUT2D eigenvalue weighted by molar-refractivity contribution is -0.151. The SMILES string of the molecule is CCOC(=O)[C@@H]1CCCCN1Cc1cccc(OC2CCN(C(=O)c3ccc(C)s3)CC2)c1. The fourth-order valence-electron chi connectivity index (χ4n) is 4.71. The van der Waals surface area contributed by atoms with Crippen LogP contribution in [0, 0.1) is 6.92 Å². The molecule has 1 amide bonds. The van der Waals surface area contributed by atoms with Crippen molar-refractivity contribution in [1.82, 2.24) is 9.80 Å². The van der Waals surface area contributed by atoms with Crippen LogP contribution in [0.5, 0.6) is 5.75 Å². The van der Waals surface area contributed by atoms with E-state index in [4.69, 9.17) is 9.47 Å². The van der Waals surface area contributed by atoms with Crippen molar-refractivity contribution in [2.24, 2.45) is 0 Å². The highest BCUT2D eigenvalue weighted by Crippen LogP contribution is 2.25. The molecule has 0 N–H and O–H groups in total. The molecular formula is C26H34N2O4S. The van der Waals surface area contributed by atoms with Gasteiger partial charge in [-0.15, -0.1) is 11.3 Å². The van der Waals surface area contributed by atoms with E-state index in [0.717, 1.165) is 72.8 Å². The molecule has 2 fully saturated rings. The van der Waals surface area contributed by atoms with Crippen LogP contribution in [0.25, 0.3) is 0 Å². The van der Waals surface area contributed by atoms with Gasteiger partial charge in [-0.2, -0.15) is 0 Å². The van der Waals surface area contributed by atoms with E-state index in [2.05, 4.69) is 17.0 Å². The number of amides is 1. The van der Waals surface area contributed by atoms with Crippen molar-refractivity contribution in [2.75, 3.05) is 26.2 Å². The van der Waals surface area contributed by atoms with Crippen LogP contribution >= 0.6 is 11.3 Å². The molecule has 2 saturated heterocycles. The van der Waals surface area contributed by atoms with Crippen LogP contribution < -0.4 is 4.74 Å². The van der Waals surface area contributed by atoms with Crippen molar-refractivity contribution in [3.8, 4) is 5.75 Å². The number of carbonyl (C=O) groups is 2. The van der Waals surface area contributed by atoms with Gasteiger partial charge in [0.2, 0.25) is 0 Å².